The van der Waals surface area contributed by atoms with Crippen LogP contribution in [0.15, 0.2) is 30.3 Å². The lowest BCUT2D eigenvalue weighted by molar-refractivity contribution is 0.0690. The van der Waals surface area contributed by atoms with Crippen molar-refractivity contribution in [3.8, 4) is 11.1 Å². The first kappa shape index (κ1) is 12.8. The largest absolute Gasteiger partial charge is 0.476 e. The van der Waals surface area contributed by atoms with Gasteiger partial charge in [0.15, 0.2) is 5.69 Å². The quantitative estimate of drug-likeness (QED) is 0.852. The Morgan fingerprint density at radius 2 is 1.78 bits per heavy atom. The molecule has 1 N–H and O–H groups in total. The van der Waals surface area contributed by atoms with E-state index in [4.69, 9.17) is 28.3 Å². The highest BCUT2D eigenvalue weighted by Crippen LogP contribution is 2.29. The predicted octanol–water partition coefficient (Wildman–Crippen LogP) is 3.89. The number of nitrogens with zero attached hydrogens (tertiary/aromatic N) is 1. The highest BCUT2D eigenvalue weighted by atomic mass is 35.5. The molecule has 1 aromatic heterocycles. The zero-order chi connectivity index (χ0) is 13.3. The molecule has 2 aromatic rings. The first-order valence-corrected chi connectivity index (χ1v) is 5.59. The lowest BCUT2D eigenvalue weighted by Gasteiger charge is -2.06. The molecule has 92 valence electrons. The second kappa shape index (κ2) is 4.92. The summed E-state index contributed by atoms with van der Waals surface area (Å²) in [6.45, 7) is 0. The molecule has 0 spiro atoms. The van der Waals surface area contributed by atoms with Crippen molar-refractivity contribution in [1.29, 1.82) is 0 Å². The second-order valence-corrected chi connectivity index (χ2v) is 4.37. The van der Waals surface area contributed by atoms with Gasteiger partial charge in [0.1, 0.15) is 0 Å². The predicted molar refractivity (Wildman–Crippen MR) is 66.6 cm³/mol. The van der Waals surface area contributed by atoms with Crippen LogP contribution in [0.2, 0.25) is 10.0 Å². The van der Waals surface area contributed by atoms with Gasteiger partial charge in [-0.2, -0.15) is 4.39 Å². The SMILES string of the molecule is O=C(O)c1nc(F)ccc1-c1cc(Cl)cc(Cl)c1. The number of carboxylic acid groups (broad SMARTS) is 1. The van der Waals surface area contributed by atoms with Gasteiger partial charge >= 0.3 is 5.97 Å². The molecule has 3 nitrogen and oxygen atoms in total. The number of benzene rings is 1. The first-order chi connectivity index (χ1) is 8.47. The minimum absolute atomic E-state index is 0.258. The van der Waals surface area contributed by atoms with E-state index in [0.29, 0.717) is 15.6 Å². The minimum atomic E-state index is -1.32. The molecule has 0 aliphatic carbocycles. The van der Waals surface area contributed by atoms with E-state index in [1.54, 1.807) is 0 Å². The van der Waals surface area contributed by atoms with Crippen molar-refractivity contribution in [2.24, 2.45) is 0 Å². The van der Waals surface area contributed by atoms with E-state index >= 15 is 0 Å². The highest BCUT2D eigenvalue weighted by molar-refractivity contribution is 6.35. The number of hydrogen-bond donors (Lipinski definition) is 1. The first-order valence-electron chi connectivity index (χ1n) is 4.83. The zero-order valence-electron chi connectivity index (χ0n) is 8.82. The molecule has 0 fully saturated rings. The zero-order valence-corrected chi connectivity index (χ0v) is 10.3. The molecule has 0 saturated carbocycles. The van der Waals surface area contributed by atoms with Gasteiger partial charge in [-0.05, 0) is 35.9 Å². The van der Waals surface area contributed by atoms with E-state index in [1.807, 2.05) is 0 Å². The van der Waals surface area contributed by atoms with Crippen molar-refractivity contribution in [3.05, 3.63) is 52.0 Å². The maximum atomic E-state index is 13.0. The van der Waals surface area contributed by atoms with Crippen molar-refractivity contribution >= 4 is 29.2 Å². The molecule has 18 heavy (non-hydrogen) atoms. The Morgan fingerprint density at radius 3 is 2.33 bits per heavy atom. The van der Waals surface area contributed by atoms with Crippen LogP contribution in [0.5, 0.6) is 0 Å². The molecule has 6 heteroatoms. The Morgan fingerprint density at radius 1 is 1.17 bits per heavy atom. The smallest absolute Gasteiger partial charge is 0.355 e. The molecule has 0 bridgehead atoms. The second-order valence-electron chi connectivity index (χ2n) is 3.49. The number of aromatic carboxylic acids is 1. The average molecular weight is 286 g/mol. The van der Waals surface area contributed by atoms with Gasteiger partial charge in [0.05, 0.1) is 0 Å². The van der Waals surface area contributed by atoms with E-state index in [1.165, 1.54) is 24.3 Å². The summed E-state index contributed by atoms with van der Waals surface area (Å²) in [6.07, 6.45) is 0. The summed E-state index contributed by atoms with van der Waals surface area (Å²) >= 11 is 11.7. The Bertz CT molecular complexity index is 611. The fraction of sp³-hybridized carbons (Fsp3) is 0. The Labute approximate surface area is 112 Å². The van der Waals surface area contributed by atoms with E-state index in [9.17, 15) is 9.18 Å². The van der Waals surface area contributed by atoms with Gasteiger partial charge in [-0.25, -0.2) is 9.78 Å². The fourth-order valence-electron chi connectivity index (χ4n) is 1.54. The lowest BCUT2D eigenvalue weighted by Crippen LogP contribution is -2.04. The summed E-state index contributed by atoms with van der Waals surface area (Å²) in [5.41, 5.74) is 0.346. The normalized spacial score (nSPS) is 10.4. The van der Waals surface area contributed by atoms with Crippen LogP contribution in [0.3, 0.4) is 0 Å². The van der Waals surface area contributed by atoms with Gasteiger partial charge in [-0.1, -0.05) is 23.2 Å². The number of aromatic nitrogens is 1. The Balaban J connectivity index is 2.66. The summed E-state index contributed by atoms with van der Waals surface area (Å²) in [4.78, 5) is 14.4. The average Bonchev–Trinajstić information content (AvgIpc) is 2.27. The van der Waals surface area contributed by atoms with Gasteiger partial charge in [0.25, 0.3) is 0 Å². The molecule has 1 heterocycles. The van der Waals surface area contributed by atoms with Crippen molar-refractivity contribution in [3.63, 3.8) is 0 Å². The van der Waals surface area contributed by atoms with Crippen LogP contribution in [0.25, 0.3) is 11.1 Å². The molecule has 1 aromatic carbocycles. The molecule has 2 rings (SSSR count). The topological polar surface area (TPSA) is 50.2 Å². The molecule has 0 saturated heterocycles. The van der Waals surface area contributed by atoms with Crippen molar-refractivity contribution in [1.82, 2.24) is 4.98 Å². The van der Waals surface area contributed by atoms with Gasteiger partial charge in [-0.15, -0.1) is 0 Å². The monoisotopic (exact) mass is 285 g/mol. The van der Waals surface area contributed by atoms with Crippen LogP contribution in [0.1, 0.15) is 10.5 Å². The Kier molecular flexibility index (Phi) is 3.50. The molecule has 0 unspecified atom stereocenters. The summed E-state index contributed by atoms with van der Waals surface area (Å²) in [7, 11) is 0. The lowest BCUT2D eigenvalue weighted by atomic mass is 10.0. The van der Waals surface area contributed by atoms with Crippen LogP contribution in [-0.2, 0) is 0 Å². The third-order valence-electron chi connectivity index (χ3n) is 2.24. The van der Waals surface area contributed by atoms with Crippen LogP contribution in [-0.4, -0.2) is 16.1 Å². The van der Waals surface area contributed by atoms with Gasteiger partial charge < -0.3 is 5.11 Å². The molecular formula is C12H6Cl2FNO2. The number of pyridine rings is 1. The summed E-state index contributed by atoms with van der Waals surface area (Å²) in [5, 5.41) is 9.71. The summed E-state index contributed by atoms with van der Waals surface area (Å²) < 4.78 is 13.0. The van der Waals surface area contributed by atoms with Crippen LogP contribution < -0.4 is 0 Å². The maximum absolute atomic E-state index is 13.0. The van der Waals surface area contributed by atoms with E-state index in [-0.39, 0.29) is 11.3 Å². The third-order valence-corrected chi connectivity index (χ3v) is 2.67. The van der Waals surface area contributed by atoms with Crippen LogP contribution in [0.4, 0.5) is 4.39 Å². The van der Waals surface area contributed by atoms with Crippen LogP contribution in [0, 0.1) is 5.95 Å². The standard InChI is InChI=1S/C12H6Cl2FNO2/c13-7-3-6(4-8(14)5-7)9-1-2-10(15)16-11(9)12(17)18/h1-5H,(H,17,18). The third kappa shape index (κ3) is 2.60. The number of carboxylic acids is 1. The van der Waals surface area contributed by atoms with Gasteiger partial charge in [0.2, 0.25) is 5.95 Å². The molecule has 0 amide bonds. The van der Waals surface area contributed by atoms with Crippen molar-refractivity contribution < 1.29 is 14.3 Å². The van der Waals surface area contributed by atoms with E-state index < -0.39 is 11.9 Å². The minimum Gasteiger partial charge on any atom is -0.476 e. The fourth-order valence-corrected chi connectivity index (χ4v) is 2.07. The van der Waals surface area contributed by atoms with Gasteiger partial charge in [-0.3, -0.25) is 0 Å². The summed E-state index contributed by atoms with van der Waals surface area (Å²) in [5.74, 6) is -2.18. The highest BCUT2D eigenvalue weighted by Gasteiger charge is 2.15. The molecule has 0 aliphatic rings. The number of halogens is 3. The van der Waals surface area contributed by atoms with Crippen molar-refractivity contribution in [2.75, 3.05) is 0 Å². The molecular weight excluding hydrogens is 280 g/mol. The molecule has 0 radical (unpaired) electrons. The Hall–Kier alpha value is -1.65. The molecule has 0 aliphatic heterocycles. The number of rotatable bonds is 2. The summed E-state index contributed by atoms with van der Waals surface area (Å²) in [6, 6.07) is 7.00. The van der Waals surface area contributed by atoms with E-state index in [0.717, 1.165) is 6.07 Å². The van der Waals surface area contributed by atoms with Crippen molar-refractivity contribution in [2.45, 2.75) is 0 Å². The molecule has 0 atom stereocenters. The van der Waals surface area contributed by atoms with E-state index in [2.05, 4.69) is 4.98 Å². The van der Waals surface area contributed by atoms with Crippen LogP contribution >= 0.6 is 23.2 Å². The van der Waals surface area contributed by atoms with Gasteiger partial charge in [0, 0.05) is 15.6 Å². The number of hydrogen-bond acceptors (Lipinski definition) is 2. The number of carbonyl (C=O) groups is 1. The maximum Gasteiger partial charge on any atom is 0.355 e.